The van der Waals surface area contributed by atoms with Gasteiger partial charge in [0.15, 0.2) is 5.78 Å². The van der Waals surface area contributed by atoms with Crippen molar-refractivity contribution in [1.82, 2.24) is 10.3 Å². The molecule has 0 spiro atoms. The van der Waals surface area contributed by atoms with E-state index in [0.717, 1.165) is 48.8 Å². The number of nitrogens with one attached hydrogen (secondary N) is 2. The number of halogens is 1. The van der Waals surface area contributed by atoms with Crippen LogP contribution in [-0.2, 0) is 0 Å². The molecule has 3 nitrogen and oxygen atoms in total. The molecule has 0 radical (unpaired) electrons. The van der Waals surface area contributed by atoms with Crippen LogP contribution >= 0.6 is 12.4 Å². The molecule has 1 aromatic heterocycles. The largest absolute Gasteiger partial charge is 0.361 e. The Labute approximate surface area is 138 Å². The highest BCUT2D eigenvalue weighted by Gasteiger charge is 2.41. The molecule has 2 N–H and O–H groups in total. The van der Waals surface area contributed by atoms with Crippen molar-refractivity contribution in [3.8, 4) is 0 Å². The van der Waals surface area contributed by atoms with Gasteiger partial charge in [-0.15, -0.1) is 12.4 Å². The van der Waals surface area contributed by atoms with E-state index in [4.69, 9.17) is 0 Å². The summed E-state index contributed by atoms with van der Waals surface area (Å²) in [6.07, 6.45) is 4.98. The van der Waals surface area contributed by atoms with Crippen molar-refractivity contribution in [2.24, 2.45) is 11.3 Å². The summed E-state index contributed by atoms with van der Waals surface area (Å²) in [5, 5.41) is 4.51. The predicted octanol–water partition coefficient (Wildman–Crippen LogP) is 4.19. The van der Waals surface area contributed by atoms with Crippen LogP contribution < -0.4 is 5.32 Å². The van der Waals surface area contributed by atoms with Gasteiger partial charge in [-0.05, 0) is 56.0 Å². The van der Waals surface area contributed by atoms with E-state index in [0.29, 0.717) is 11.7 Å². The Morgan fingerprint density at radius 1 is 1.32 bits per heavy atom. The Hall–Kier alpha value is -1.32. The second-order valence-electron chi connectivity index (χ2n) is 6.75. The molecule has 4 heteroatoms. The van der Waals surface area contributed by atoms with Crippen LogP contribution in [-0.4, -0.2) is 23.9 Å². The summed E-state index contributed by atoms with van der Waals surface area (Å²) in [6.45, 7) is 6.23. The molecule has 1 aromatic carbocycles. The molecule has 2 aromatic rings. The summed E-state index contributed by atoms with van der Waals surface area (Å²) in [5.41, 5.74) is 1.75. The lowest BCUT2D eigenvalue weighted by Crippen LogP contribution is -2.34. The Morgan fingerprint density at radius 2 is 2.14 bits per heavy atom. The molecule has 22 heavy (non-hydrogen) atoms. The number of aromatic nitrogens is 1. The van der Waals surface area contributed by atoms with Crippen molar-refractivity contribution in [2.45, 2.75) is 33.1 Å². The molecule has 1 aliphatic heterocycles. The molecule has 1 unspecified atom stereocenters. The van der Waals surface area contributed by atoms with Gasteiger partial charge in [0, 0.05) is 34.6 Å². The summed E-state index contributed by atoms with van der Waals surface area (Å²) in [7, 11) is 0. The third-order valence-corrected chi connectivity index (χ3v) is 4.74. The van der Waals surface area contributed by atoms with Crippen molar-refractivity contribution < 1.29 is 4.79 Å². The Bertz CT molecular complexity index is 641. The highest BCUT2D eigenvalue weighted by molar-refractivity contribution is 6.03. The van der Waals surface area contributed by atoms with Crippen molar-refractivity contribution in [2.75, 3.05) is 13.1 Å². The standard InChI is InChI=1S/C18H24N2O.ClH/c1-13(2)5-7-18(8-10-19-12-18)17(21)15-3-4-16-14(11-15)6-9-20-16;/h3-4,6,9,11,13,19-20H,5,7-8,10,12H2,1-2H3;1H. The van der Waals surface area contributed by atoms with Gasteiger partial charge < -0.3 is 10.3 Å². The number of ketones is 1. The van der Waals surface area contributed by atoms with Crippen LogP contribution in [0.2, 0.25) is 0 Å². The van der Waals surface area contributed by atoms with E-state index in [9.17, 15) is 4.79 Å². The third kappa shape index (κ3) is 3.21. The fourth-order valence-corrected chi connectivity index (χ4v) is 3.33. The maximum atomic E-state index is 13.1. The first-order valence-corrected chi connectivity index (χ1v) is 7.93. The maximum absolute atomic E-state index is 13.1. The molecular weight excluding hydrogens is 296 g/mol. The molecule has 0 amide bonds. The SMILES string of the molecule is CC(C)CCC1(C(=O)c2ccc3[nH]ccc3c2)CCNC1.Cl. The molecule has 1 fully saturated rings. The average molecular weight is 321 g/mol. The van der Waals surface area contributed by atoms with E-state index >= 15 is 0 Å². The van der Waals surface area contributed by atoms with Crippen LogP contribution in [0.3, 0.4) is 0 Å². The lowest BCUT2D eigenvalue weighted by atomic mass is 9.74. The van der Waals surface area contributed by atoms with Gasteiger partial charge in [0.2, 0.25) is 0 Å². The molecule has 0 saturated carbocycles. The van der Waals surface area contributed by atoms with Gasteiger partial charge in [0.25, 0.3) is 0 Å². The molecule has 0 bridgehead atoms. The summed E-state index contributed by atoms with van der Waals surface area (Å²) < 4.78 is 0. The molecule has 1 saturated heterocycles. The number of H-pyrrole nitrogens is 1. The number of benzene rings is 1. The van der Waals surface area contributed by atoms with Crippen LogP contribution in [0, 0.1) is 11.3 Å². The van der Waals surface area contributed by atoms with E-state index in [1.54, 1.807) is 0 Å². The Balaban J connectivity index is 0.00000176. The van der Waals surface area contributed by atoms with Crippen molar-refractivity contribution >= 4 is 29.1 Å². The van der Waals surface area contributed by atoms with Gasteiger partial charge in [-0.2, -0.15) is 0 Å². The highest BCUT2D eigenvalue weighted by Crippen LogP contribution is 2.36. The Morgan fingerprint density at radius 3 is 2.82 bits per heavy atom. The molecular formula is C18H25ClN2O. The van der Waals surface area contributed by atoms with E-state index in [-0.39, 0.29) is 17.8 Å². The number of carbonyl (C=O) groups excluding carboxylic acids is 1. The number of fused-ring (bicyclic) bond motifs is 1. The predicted molar refractivity (Wildman–Crippen MR) is 93.9 cm³/mol. The quantitative estimate of drug-likeness (QED) is 0.811. The minimum atomic E-state index is -0.200. The summed E-state index contributed by atoms with van der Waals surface area (Å²) in [6, 6.07) is 8.04. The van der Waals surface area contributed by atoms with Crippen molar-refractivity contribution in [3.63, 3.8) is 0 Å². The molecule has 2 heterocycles. The second kappa shape index (κ2) is 6.84. The molecule has 0 aliphatic carbocycles. The fourth-order valence-electron chi connectivity index (χ4n) is 3.33. The molecule has 1 atom stereocenters. The van der Waals surface area contributed by atoms with Crippen LogP contribution in [0.15, 0.2) is 30.5 Å². The molecule has 1 aliphatic rings. The first kappa shape index (κ1) is 17.0. The zero-order valence-corrected chi connectivity index (χ0v) is 14.1. The maximum Gasteiger partial charge on any atom is 0.170 e. The average Bonchev–Trinajstić information content (AvgIpc) is 3.13. The summed E-state index contributed by atoms with van der Waals surface area (Å²) >= 11 is 0. The van der Waals surface area contributed by atoms with Crippen LogP contribution in [0.1, 0.15) is 43.5 Å². The number of Topliss-reactive ketones (excluding diaryl/α,β-unsaturated/α-hetero) is 1. The number of hydrogen-bond donors (Lipinski definition) is 2. The van der Waals surface area contributed by atoms with Crippen molar-refractivity contribution in [3.05, 3.63) is 36.0 Å². The second-order valence-corrected chi connectivity index (χ2v) is 6.75. The van der Waals surface area contributed by atoms with Gasteiger partial charge in [0.05, 0.1) is 0 Å². The lowest BCUT2D eigenvalue weighted by molar-refractivity contribution is 0.0794. The van der Waals surface area contributed by atoms with Gasteiger partial charge in [-0.25, -0.2) is 0 Å². The van der Waals surface area contributed by atoms with Crippen LogP contribution in [0.4, 0.5) is 0 Å². The monoisotopic (exact) mass is 320 g/mol. The van der Waals surface area contributed by atoms with Gasteiger partial charge in [-0.1, -0.05) is 13.8 Å². The van der Waals surface area contributed by atoms with Crippen molar-refractivity contribution in [1.29, 1.82) is 0 Å². The first-order valence-electron chi connectivity index (χ1n) is 7.93. The highest BCUT2D eigenvalue weighted by atomic mass is 35.5. The lowest BCUT2D eigenvalue weighted by Gasteiger charge is -2.27. The van der Waals surface area contributed by atoms with Crippen LogP contribution in [0.25, 0.3) is 10.9 Å². The number of hydrogen-bond acceptors (Lipinski definition) is 2. The van der Waals surface area contributed by atoms with Gasteiger partial charge in [0.1, 0.15) is 0 Å². The zero-order valence-electron chi connectivity index (χ0n) is 13.3. The molecule has 3 rings (SSSR count). The van der Waals surface area contributed by atoms with E-state index < -0.39 is 0 Å². The number of aromatic amines is 1. The third-order valence-electron chi connectivity index (χ3n) is 4.74. The minimum Gasteiger partial charge on any atom is -0.361 e. The summed E-state index contributed by atoms with van der Waals surface area (Å²) in [5.74, 6) is 0.957. The topological polar surface area (TPSA) is 44.9 Å². The fraction of sp³-hybridized carbons (Fsp3) is 0.500. The smallest absolute Gasteiger partial charge is 0.170 e. The number of carbonyl (C=O) groups is 1. The van der Waals surface area contributed by atoms with Gasteiger partial charge >= 0.3 is 0 Å². The summed E-state index contributed by atoms with van der Waals surface area (Å²) in [4.78, 5) is 16.3. The normalized spacial score (nSPS) is 21.2. The van der Waals surface area contributed by atoms with Crippen LogP contribution in [0.5, 0.6) is 0 Å². The van der Waals surface area contributed by atoms with Gasteiger partial charge in [-0.3, -0.25) is 4.79 Å². The molecule has 120 valence electrons. The Kier molecular flexibility index (Phi) is 5.30. The first-order chi connectivity index (χ1) is 10.1. The zero-order chi connectivity index (χ0) is 14.9. The minimum absolute atomic E-state index is 0. The van der Waals surface area contributed by atoms with E-state index in [1.165, 1.54) is 0 Å². The van der Waals surface area contributed by atoms with E-state index in [1.807, 2.05) is 30.5 Å². The van der Waals surface area contributed by atoms with E-state index in [2.05, 4.69) is 24.1 Å². The number of rotatable bonds is 5.